The lowest BCUT2D eigenvalue weighted by atomic mass is 10.1. The lowest BCUT2D eigenvalue weighted by molar-refractivity contribution is -0.140. The Hall–Kier alpha value is -1.92. The number of primary amides is 1. The van der Waals surface area contributed by atoms with Gasteiger partial charge in [0.2, 0.25) is 5.91 Å². The molecule has 1 aromatic carbocycles. The molecule has 0 aliphatic carbocycles. The molecule has 2 N–H and O–H groups in total. The number of carbonyl (C=O) groups excluding carboxylic acids is 2. The number of esters is 1. The van der Waals surface area contributed by atoms with Gasteiger partial charge < -0.3 is 15.2 Å². The first kappa shape index (κ1) is 19.1. The molecule has 0 bridgehead atoms. The van der Waals surface area contributed by atoms with Crippen molar-refractivity contribution in [1.82, 2.24) is 4.90 Å². The smallest absolute Gasteiger partial charge is 0.305 e. The highest BCUT2D eigenvalue weighted by Gasteiger charge is 2.11. The van der Waals surface area contributed by atoms with Crippen LogP contribution in [0.5, 0.6) is 0 Å². The second kappa shape index (κ2) is 11.6. The summed E-state index contributed by atoms with van der Waals surface area (Å²) in [5.74, 6) is -0.391. The van der Waals surface area contributed by atoms with Crippen molar-refractivity contribution in [2.45, 2.75) is 19.3 Å². The van der Waals surface area contributed by atoms with Crippen LogP contribution in [0.25, 0.3) is 0 Å². The molecule has 128 valence electrons. The summed E-state index contributed by atoms with van der Waals surface area (Å²) in [6, 6.07) is 10.1. The van der Waals surface area contributed by atoms with E-state index in [1.54, 1.807) is 0 Å². The number of amides is 1. The Kier molecular flexibility index (Phi) is 9.66. The van der Waals surface area contributed by atoms with Gasteiger partial charge in [-0.05, 0) is 18.4 Å². The monoisotopic (exact) mass is 322 g/mol. The maximum absolute atomic E-state index is 10.8. The Morgan fingerprint density at radius 2 is 1.87 bits per heavy atom. The normalized spacial score (nSPS) is 14.5. The first-order chi connectivity index (χ1) is 11.1. The van der Waals surface area contributed by atoms with Crippen LogP contribution in [0.3, 0.4) is 0 Å². The fourth-order valence-electron chi connectivity index (χ4n) is 2.16. The van der Waals surface area contributed by atoms with Crippen LogP contribution in [0.15, 0.2) is 30.3 Å². The van der Waals surface area contributed by atoms with Crippen molar-refractivity contribution in [2.75, 3.05) is 40.0 Å². The van der Waals surface area contributed by atoms with Crippen LogP contribution < -0.4 is 5.73 Å². The Morgan fingerprint density at radius 3 is 2.43 bits per heavy atom. The quantitative estimate of drug-likeness (QED) is 0.790. The van der Waals surface area contributed by atoms with Crippen molar-refractivity contribution in [3.63, 3.8) is 0 Å². The molecular weight excluding hydrogens is 296 g/mol. The molecule has 0 aromatic heterocycles. The number of rotatable bonds is 6. The van der Waals surface area contributed by atoms with E-state index in [1.165, 1.54) is 12.7 Å². The number of hydrogen-bond acceptors (Lipinski definition) is 5. The van der Waals surface area contributed by atoms with Gasteiger partial charge in [-0.25, -0.2) is 0 Å². The van der Waals surface area contributed by atoms with E-state index in [4.69, 9.17) is 10.5 Å². The predicted octanol–water partition coefficient (Wildman–Crippen LogP) is 0.986. The highest BCUT2D eigenvalue weighted by molar-refractivity contribution is 5.75. The second-order valence-corrected chi connectivity index (χ2v) is 5.27. The summed E-state index contributed by atoms with van der Waals surface area (Å²) in [5.41, 5.74) is 6.27. The Morgan fingerprint density at radius 1 is 1.22 bits per heavy atom. The molecule has 0 radical (unpaired) electrons. The second-order valence-electron chi connectivity index (χ2n) is 5.27. The minimum atomic E-state index is -0.262. The lowest BCUT2D eigenvalue weighted by Gasteiger charge is -2.24. The minimum Gasteiger partial charge on any atom is -0.469 e. The number of nitrogens with two attached hydrogens (primary N) is 1. The van der Waals surface area contributed by atoms with Gasteiger partial charge in [0.25, 0.3) is 0 Å². The SMILES string of the molecule is COC(=O)CCCc1ccccc1.NC(=O)CN1CCOCC1. The lowest BCUT2D eigenvalue weighted by Crippen LogP contribution is -2.41. The number of morpholine rings is 1. The third-order valence-electron chi connectivity index (χ3n) is 3.40. The zero-order valence-electron chi connectivity index (χ0n) is 13.7. The van der Waals surface area contributed by atoms with Crippen LogP contribution in [0.1, 0.15) is 18.4 Å². The zero-order chi connectivity index (χ0) is 16.9. The van der Waals surface area contributed by atoms with Gasteiger partial charge >= 0.3 is 5.97 Å². The van der Waals surface area contributed by atoms with E-state index in [1.807, 2.05) is 23.1 Å². The Balaban J connectivity index is 0.000000238. The fraction of sp³-hybridized carbons (Fsp3) is 0.529. The van der Waals surface area contributed by atoms with Crippen molar-refractivity contribution < 1.29 is 19.1 Å². The molecule has 23 heavy (non-hydrogen) atoms. The van der Waals surface area contributed by atoms with Gasteiger partial charge in [0.15, 0.2) is 0 Å². The van der Waals surface area contributed by atoms with Gasteiger partial charge in [-0.3, -0.25) is 14.5 Å². The van der Waals surface area contributed by atoms with Gasteiger partial charge in [0.1, 0.15) is 0 Å². The summed E-state index contributed by atoms with van der Waals surface area (Å²) < 4.78 is 9.64. The molecule has 1 aliphatic rings. The highest BCUT2D eigenvalue weighted by atomic mass is 16.5. The number of carbonyl (C=O) groups is 2. The van der Waals surface area contributed by atoms with Crippen LogP contribution in [0, 0.1) is 0 Å². The average molecular weight is 322 g/mol. The number of hydrogen-bond donors (Lipinski definition) is 1. The van der Waals surface area contributed by atoms with E-state index in [2.05, 4.69) is 16.9 Å². The molecule has 2 rings (SSSR count). The van der Waals surface area contributed by atoms with Crippen molar-refractivity contribution in [2.24, 2.45) is 5.73 Å². The maximum atomic E-state index is 10.8. The summed E-state index contributed by atoms with van der Waals surface area (Å²) in [7, 11) is 1.42. The topological polar surface area (TPSA) is 81.9 Å². The third kappa shape index (κ3) is 9.65. The van der Waals surface area contributed by atoms with Crippen LogP contribution >= 0.6 is 0 Å². The number of benzene rings is 1. The molecular formula is C17H26N2O4. The van der Waals surface area contributed by atoms with Gasteiger partial charge in [0, 0.05) is 19.5 Å². The Bertz CT molecular complexity index is 459. The molecule has 1 saturated heterocycles. The van der Waals surface area contributed by atoms with Crippen LogP contribution in [-0.4, -0.2) is 56.7 Å². The molecule has 1 aliphatic heterocycles. The molecule has 1 aromatic rings. The van der Waals surface area contributed by atoms with Gasteiger partial charge in [-0.15, -0.1) is 0 Å². The molecule has 1 amide bonds. The van der Waals surface area contributed by atoms with Gasteiger partial charge in [-0.1, -0.05) is 30.3 Å². The number of methoxy groups -OCH3 is 1. The van der Waals surface area contributed by atoms with Crippen molar-refractivity contribution >= 4 is 11.9 Å². The molecule has 0 spiro atoms. The van der Waals surface area contributed by atoms with E-state index >= 15 is 0 Å². The van der Waals surface area contributed by atoms with Crippen LogP contribution in [-0.2, 0) is 25.5 Å². The molecule has 6 nitrogen and oxygen atoms in total. The molecule has 0 unspecified atom stereocenters. The zero-order valence-corrected chi connectivity index (χ0v) is 13.7. The van der Waals surface area contributed by atoms with E-state index in [9.17, 15) is 9.59 Å². The van der Waals surface area contributed by atoms with Crippen molar-refractivity contribution in [3.05, 3.63) is 35.9 Å². The van der Waals surface area contributed by atoms with E-state index < -0.39 is 0 Å². The van der Waals surface area contributed by atoms with Crippen molar-refractivity contribution in [3.8, 4) is 0 Å². The molecule has 1 fully saturated rings. The molecule has 0 saturated carbocycles. The summed E-state index contributed by atoms with van der Waals surface area (Å²) in [6.07, 6.45) is 2.30. The first-order valence-electron chi connectivity index (χ1n) is 7.81. The molecule has 6 heteroatoms. The van der Waals surface area contributed by atoms with E-state index in [0.29, 0.717) is 26.2 Å². The third-order valence-corrected chi connectivity index (χ3v) is 3.40. The highest BCUT2D eigenvalue weighted by Crippen LogP contribution is 2.04. The maximum Gasteiger partial charge on any atom is 0.305 e. The summed E-state index contributed by atoms with van der Waals surface area (Å²) in [5, 5.41) is 0. The van der Waals surface area contributed by atoms with Gasteiger partial charge in [0.05, 0.1) is 26.9 Å². The largest absolute Gasteiger partial charge is 0.469 e. The summed E-state index contributed by atoms with van der Waals surface area (Å²) in [4.78, 5) is 23.2. The minimum absolute atomic E-state index is 0.129. The first-order valence-corrected chi connectivity index (χ1v) is 7.81. The van der Waals surface area contributed by atoms with Crippen LogP contribution in [0.2, 0.25) is 0 Å². The Labute approximate surface area is 137 Å². The molecule has 0 atom stereocenters. The predicted molar refractivity (Wildman–Crippen MR) is 87.8 cm³/mol. The van der Waals surface area contributed by atoms with Crippen molar-refractivity contribution in [1.29, 1.82) is 0 Å². The number of nitrogens with zero attached hydrogens (tertiary/aromatic N) is 1. The number of aryl methyl sites for hydroxylation is 1. The fourth-order valence-corrected chi connectivity index (χ4v) is 2.16. The standard InChI is InChI=1S/C11H14O2.C6H12N2O2/c1-13-11(12)9-5-8-10-6-3-2-4-7-10;7-6(9)5-8-1-3-10-4-2-8/h2-4,6-7H,5,8-9H2,1H3;1-5H2,(H2,7,9). The van der Waals surface area contributed by atoms with Crippen LogP contribution in [0.4, 0.5) is 0 Å². The van der Waals surface area contributed by atoms with E-state index in [0.717, 1.165) is 25.9 Å². The van der Waals surface area contributed by atoms with Gasteiger partial charge in [-0.2, -0.15) is 0 Å². The average Bonchev–Trinajstić information content (AvgIpc) is 2.56. The number of ether oxygens (including phenoxy) is 2. The molecule has 1 heterocycles. The summed E-state index contributed by atoms with van der Waals surface area (Å²) in [6.45, 7) is 3.44. The van der Waals surface area contributed by atoms with E-state index in [-0.39, 0.29) is 11.9 Å². The summed E-state index contributed by atoms with van der Waals surface area (Å²) >= 11 is 0.